The topological polar surface area (TPSA) is 69.6 Å². The number of likely N-dealkylation sites (tertiary alicyclic amines) is 1. The Kier molecular flexibility index (Phi) is 5.44. The van der Waals surface area contributed by atoms with E-state index in [-0.39, 0.29) is 18.4 Å². The molecule has 0 spiro atoms. The van der Waals surface area contributed by atoms with Crippen LogP contribution in [0.3, 0.4) is 0 Å². The van der Waals surface area contributed by atoms with Gasteiger partial charge in [0, 0.05) is 31.1 Å². The zero-order valence-electron chi connectivity index (χ0n) is 11.7. The number of carboxylic acid groups (broad SMARTS) is 1. The molecule has 1 aliphatic heterocycles. The molecule has 1 fully saturated rings. The zero-order chi connectivity index (χ0) is 15.2. The van der Waals surface area contributed by atoms with Crippen LogP contribution in [0.25, 0.3) is 0 Å². The fourth-order valence-electron chi connectivity index (χ4n) is 2.50. The Hall–Kier alpha value is -1.75. The van der Waals surface area contributed by atoms with E-state index in [0.717, 1.165) is 12.0 Å². The Labute approximate surface area is 128 Å². The predicted octanol–water partition coefficient (Wildman–Crippen LogP) is 2.74. The van der Waals surface area contributed by atoms with Crippen LogP contribution in [0.15, 0.2) is 24.3 Å². The molecule has 114 valence electrons. The van der Waals surface area contributed by atoms with Crippen LogP contribution in [0.2, 0.25) is 5.02 Å². The van der Waals surface area contributed by atoms with Crippen LogP contribution in [0.5, 0.6) is 0 Å². The van der Waals surface area contributed by atoms with Gasteiger partial charge in [0.2, 0.25) is 0 Å². The normalized spacial score (nSPS) is 17.8. The first kappa shape index (κ1) is 15.6. The highest BCUT2D eigenvalue weighted by atomic mass is 35.5. The molecule has 21 heavy (non-hydrogen) atoms. The van der Waals surface area contributed by atoms with Gasteiger partial charge >= 0.3 is 12.0 Å². The van der Waals surface area contributed by atoms with Crippen molar-refractivity contribution >= 4 is 23.6 Å². The van der Waals surface area contributed by atoms with E-state index >= 15 is 0 Å². The third kappa shape index (κ3) is 4.63. The third-order valence-corrected chi connectivity index (χ3v) is 4.10. The number of aliphatic carboxylic acids is 1. The number of halogens is 1. The van der Waals surface area contributed by atoms with E-state index in [0.29, 0.717) is 31.1 Å². The van der Waals surface area contributed by atoms with E-state index in [9.17, 15) is 9.59 Å². The van der Waals surface area contributed by atoms with E-state index in [4.69, 9.17) is 16.7 Å². The minimum atomic E-state index is -0.781. The van der Waals surface area contributed by atoms with E-state index in [2.05, 4.69) is 5.32 Å². The molecule has 1 heterocycles. The lowest BCUT2D eigenvalue weighted by Crippen LogP contribution is -2.38. The number of benzene rings is 1. The fourth-order valence-corrected chi connectivity index (χ4v) is 2.71. The number of carbonyl (C=O) groups is 2. The van der Waals surface area contributed by atoms with Crippen LogP contribution < -0.4 is 5.32 Å². The average molecular weight is 311 g/mol. The average Bonchev–Trinajstić information content (AvgIpc) is 2.93. The van der Waals surface area contributed by atoms with Gasteiger partial charge in [-0.15, -0.1) is 0 Å². The number of urea groups is 1. The van der Waals surface area contributed by atoms with Crippen molar-refractivity contribution < 1.29 is 14.7 Å². The van der Waals surface area contributed by atoms with Crippen molar-refractivity contribution in [3.05, 3.63) is 34.9 Å². The van der Waals surface area contributed by atoms with Crippen molar-refractivity contribution in [2.75, 3.05) is 13.1 Å². The van der Waals surface area contributed by atoms with Crippen LogP contribution in [0.4, 0.5) is 4.79 Å². The maximum absolute atomic E-state index is 12.1. The van der Waals surface area contributed by atoms with Crippen LogP contribution in [0.1, 0.15) is 24.8 Å². The second-order valence-corrected chi connectivity index (χ2v) is 5.69. The molecule has 2 N–H and O–H groups in total. The summed E-state index contributed by atoms with van der Waals surface area (Å²) in [4.78, 5) is 24.4. The summed E-state index contributed by atoms with van der Waals surface area (Å²) in [7, 11) is 0. The molecule has 0 aromatic heterocycles. The van der Waals surface area contributed by atoms with E-state index in [1.807, 2.05) is 18.2 Å². The van der Waals surface area contributed by atoms with Gasteiger partial charge in [0.1, 0.15) is 0 Å². The smallest absolute Gasteiger partial charge is 0.317 e. The van der Waals surface area contributed by atoms with Crippen molar-refractivity contribution in [1.29, 1.82) is 0 Å². The maximum Gasteiger partial charge on any atom is 0.317 e. The first-order valence-electron chi connectivity index (χ1n) is 7.04. The second-order valence-electron chi connectivity index (χ2n) is 5.28. The monoisotopic (exact) mass is 310 g/mol. The highest BCUT2D eigenvalue weighted by molar-refractivity contribution is 6.31. The van der Waals surface area contributed by atoms with Crippen molar-refractivity contribution in [1.82, 2.24) is 10.2 Å². The lowest BCUT2D eigenvalue weighted by Gasteiger charge is -2.17. The van der Waals surface area contributed by atoms with Gasteiger partial charge in [0.15, 0.2) is 0 Å². The van der Waals surface area contributed by atoms with Crippen molar-refractivity contribution in [3.8, 4) is 0 Å². The zero-order valence-corrected chi connectivity index (χ0v) is 12.5. The summed E-state index contributed by atoms with van der Waals surface area (Å²) in [6.07, 6.45) is 1.66. The van der Waals surface area contributed by atoms with Crippen molar-refractivity contribution in [2.45, 2.75) is 25.8 Å². The number of nitrogens with zero attached hydrogens (tertiary/aromatic N) is 1. The molecule has 1 saturated heterocycles. The summed E-state index contributed by atoms with van der Waals surface area (Å²) in [6, 6.07) is 7.28. The molecule has 6 heteroatoms. The minimum absolute atomic E-state index is 0.118. The van der Waals surface area contributed by atoms with Gasteiger partial charge in [-0.05, 0) is 30.4 Å². The summed E-state index contributed by atoms with van der Waals surface area (Å²) in [6.45, 7) is 1.70. The Morgan fingerprint density at radius 3 is 2.86 bits per heavy atom. The first-order chi connectivity index (χ1) is 10.1. The first-order valence-corrected chi connectivity index (χ1v) is 7.42. The lowest BCUT2D eigenvalue weighted by atomic mass is 10.0. The summed E-state index contributed by atoms with van der Waals surface area (Å²) in [5.74, 6) is -0.496. The van der Waals surface area contributed by atoms with Gasteiger partial charge in [-0.3, -0.25) is 4.79 Å². The quantitative estimate of drug-likeness (QED) is 0.878. The number of carbonyl (C=O) groups excluding carboxylic acids is 1. The van der Waals surface area contributed by atoms with Gasteiger partial charge in [-0.25, -0.2) is 4.79 Å². The molecule has 5 nitrogen and oxygen atoms in total. The Morgan fingerprint density at radius 1 is 1.38 bits per heavy atom. The number of hydrogen-bond acceptors (Lipinski definition) is 2. The van der Waals surface area contributed by atoms with Crippen LogP contribution in [-0.2, 0) is 11.3 Å². The summed E-state index contributed by atoms with van der Waals surface area (Å²) >= 11 is 6.04. The highest BCUT2D eigenvalue weighted by Gasteiger charge is 2.26. The van der Waals surface area contributed by atoms with E-state index in [1.54, 1.807) is 11.0 Å². The SMILES string of the molecule is O=C(O)CCC1CCN(C(=O)NCc2ccccc2Cl)C1. The largest absolute Gasteiger partial charge is 0.481 e. The van der Waals surface area contributed by atoms with Gasteiger partial charge in [0.05, 0.1) is 0 Å². The van der Waals surface area contributed by atoms with Gasteiger partial charge in [0.25, 0.3) is 0 Å². The number of hydrogen-bond donors (Lipinski definition) is 2. The molecule has 2 rings (SSSR count). The number of carboxylic acids is 1. The molecule has 1 aromatic carbocycles. The molecule has 0 aliphatic carbocycles. The number of rotatable bonds is 5. The number of amides is 2. The molecular formula is C15H19ClN2O3. The Bertz CT molecular complexity index is 521. The van der Waals surface area contributed by atoms with Crippen molar-refractivity contribution in [3.63, 3.8) is 0 Å². The molecular weight excluding hydrogens is 292 g/mol. The maximum atomic E-state index is 12.1. The predicted molar refractivity (Wildman–Crippen MR) is 80.2 cm³/mol. The van der Waals surface area contributed by atoms with Gasteiger partial charge in [-0.1, -0.05) is 29.8 Å². The molecule has 1 atom stereocenters. The van der Waals surface area contributed by atoms with Gasteiger partial charge in [-0.2, -0.15) is 0 Å². The second kappa shape index (κ2) is 7.31. The molecule has 1 unspecified atom stereocenters. The molecule has 1 aromatic rings. The fraction of sp³-hybridized carbons (Fsp3) is 0.467. The lowest BCUT2D eigenvalue weighted by molar-refractivity contribution is -0.137. The van der Waals surface area contributed by atoms with E-state index in [1.165, 1.54) is 0 Å². The van der Waals surface area contributed by atoms with E-state index < -0.39 is 5.97 Å². The number of nitrogens with one attached hydrogen (secondary N) is 1. The molecule has 0 bridgehead atoms. The van der Waals surface area contributed by atoms with Gasteiger partial charge < -0.3 is 15.3 Å². The summed E-state index contributed by atoms with van der Waals surface area (Å²) < 4.78 is 0. The molecule has 0 saturated carbocycles. The Morgan fingerprint density at radius 2 is 2.14 bits per heavy atom. The summed E-state index contributed by atoms with van der Waals surface area (Å²) in [5, 5.41) is 12.2. The van der Waals surface area contributed by atoms with Crippen LogP contribution in [0, 0.1) is 5.92 Å². The molecule has 2 amide bonds. The molecule has 1 aliphatic rings. The highest BCUT2D eigenvalue weighted by Crippen LogP contribution is 2.21. The Balaban J connectivity index is 1.77. The molecule has 0 radical (unpaired) electrons. The van der Waals surface area contributed by atoms with Crippen LogP contribution >= 0.6 is 11.6 Å². The minimum Gasteiger partial charge on any atom is -0.481 e. The van der Waals surface area contributed by atoms with Crippen LogP contribution in [-0.4, -0.2) is 35.1 Å². The third-order valence-electron chi connectivity index (χ3n) is 3.73. The summed E-state index contributed by atoms with van der Waals surface area (Å²) in [5.41, 5.74) is 0.883. The standard InChI is InChI=1S/C15H19ClN2O3/c16-13-4-2-1-3-12(13)9-17-15(21)18-8-7-11(10-18)5-6-14(19)20/h1-4,11H,5-10H2,(H,17,21)(H,19,20). The van der Waals surface area contributed by atoms with Crippen molar-refractivity contribution in [2.24, 2.45) is 5.92 Å².